The molecule has 34 heavy (non-hydrogen) atoms. The Balaban J connectivity index is 1.04. The monoisotopic (exact) mass is 498 g/mol. The maximum absolute atomic E-state index is 12.7. The Morgan fingerprint density at radius 2 is 1.76 bits per heavy atom. The highest BCUT2D eigenvalue weighted by Crippen LogP contribution is 2.55. The maximum Gasteiger partial charge on any atom is 0.291 e. The SMILES string of the molecule is COc1ccc(/C=C2/SC(=O)N(CCCCCC(=O)NC34CC5CC(CC(C5)C3)C4)C2=S)cc1. The molecule has 182 valence electrons. The Bertz CT molecular complexity index is 953. The van der Waals surface area contributed by atoms with Crippen molar-refractivity contribution in [1.82, 2.24) is 10.2 Å². The summed E-state index contributed by atoms with van der Waals surface area (Å²) >= 11 is 6.78. The van der Waals surface area contributed by atoms with Gasteiger partial charge in [-0.05, 0) is 105 Å². The lowest BCUT2D eigenvalue weighted by atomic mass is 9.53. The summed E-state index contributed by atoms with van der Waals surface area (Å²) in [5.74, 6) is 3.54. The van der Waals surface area contributed by atoms with Crippen molar-refractivity contribution in [2.45, 2.75) is 69.7 Å². The van der Waals surface area contributed by atoms with Gasteiger partial charge < -0.3 is 10.1 Å². The third kappa shape index (κ3) is 5.20. The minimum atomic E-state index is -0.00989. The molecule has 4 aliphatic carbocycles. The fourth-order valence-electron chi connectivity index (χ4n) is 6.90. The number of carbonyl (C=O) groups is 2. The van der Waals surface area contributed by atoms with Gasteiger partial charge in [-0.1, -0.05) is 30.8 Å². The van der Waals surface area contributed by atoms with Crippen molar-refractivity contribution >= 4 is 46.2 Å². The van der Waals surface area contributed by atoms with E-state index in [1.165, 1.54) is 50.3 Å². The first-order chi connectivity index (χ1) is 16.4. The molecule has 6 rings (SSSR count). The molecule has 1 aromatic carbocycles. The van der Waals surface area contributed by atoms with E-state index >= 15 is 0 Å². The predicted molar refractivity (Wildman–Crippen MR) is 141 cm³/mol. The van der Waals surface area contributed by atoms with E-state index in [9.17, 15) is 9.59 Å². The molecule has 1 heterocycles. The number of ether oxygens (including phenoxy) is 1. The number of rotatable bonds is 9. The van der Waals surface area contributed by atoms with Gasteiger partial charge in [-0.3, -0.25) is 14.5 Å². The molecule has 0 unspecified atom stereocenters. The molecule has 1 aliphatic heterocycles. The first-order valence-corrected chi connectivity index (χ1v) is 13.9. The summed E-state index contributed by atoms with van der Waals surface area (Å²) in [5, 5.41) is 3.45. The zero-order chi connectivity index (χ0) is 23.7. The van der Waals surface area contributed by atoms with Gasteiger partial charge in [0.25, 0.3) is 5.24 Å². The quantitative estimate of drug-likeness (QED) is 0.250. The molecule has 4 bridgehead atoms. The lowest BCUT2D eigenvalue weighted by molar-refractivity contribution is -0.127. The van der Waals surface area contributed by atoms with Crippen LogP contribution in [0.3, 0.4) is 0 Å². The fraction of sp³-hybridized carbons (Fsp3) is 0.593. The summed E-state index contributed by atoms with van der Waals surface area (Å²) in [6, 6.07) is 7.70. The minimum Gasteiger partial charge on any atom is -0.497 e. The van der Waals surface area contributed by atoms with Crippen molar-refractivity contribution in [1.29, 1.82) is 0 Å². The molecule has 0 aromatic heterocycles. The Labute approximate surface area is 212 Å². The Kier molecular flexibility index (Phi) is 7.03. The number of hydrogen-bond acceptors (Lipinski definition) is 5. The highest BCUT2D eigenvalue weighted by molar-refractivity contribution is 8.19. The van der Waals surface area contributed by atoms with Gasteiger partial charge in [0.15, 0.2) is 0 Å². The van der Waals surface area contributed by atoms with Crippen molar-refractivity contribution in [3.8, 4) is 5.75 Å². The Hall–Kier alpha value is -1.86. The number of amides is 2. The molecule has 0 atom stereocenters. The molecule has 5 nitrogen and oxygen atoms in total. The minimum absolute atomic E-state index is 0.00989. The Morgan fingerprint density at radius 3 is 2.38 bits per heavy atom. The van der Waals surface area contributed by atoms with Crippen LogP contribution in [0.2, 0.25) is 0 Å². The molecule has 1 aromatic rings. The van der Waals surface area contributed by atoms with Gasteiger partial charge in [0.1, 0.15) is 10.7 Å². The van der Waals surface area contributed by atoms with Crippen LogP contribution >= 0.6 is 24.0 Å². The molecule has 5 aliphatic rings. The van der Waals surface area contributed by atoms with Gasteiger partial charge >= 0.3 is 0 Å². The van der Waals surface area contributed by atoms with Gasteiger partial charge in [0.05, 0.1) is 12.0 Å². The van der Waals surface area contributed by atoms with E-state index in [0.717, 1.165) is 53.2 Å². The summed E-state index contributed by atoms with van der Waals surface area (Å²) in [6.45, 7) is 0.612. The number of thioether (sulfide) groups is 1. The summed E-state index contributed by atoms with van der Waals surface area (Å²) in [6.07, 6.45) is 12.9. The summed E-state index contributed by atoms with van der Waals surface area (Å²) in [4.78, 5) is 28.3. The third-order valence-electron chi connectivity index (χ3n) is 8.02. The second kappa shape index (κ2) is 10.0. The van der Waals surface area contributed by atoms with Crippen LogP contribution in [0, 0.1) is 17.8 Å². The largest absolute Gasteiger partial charge is 0.497 e. The fourth-order valence-corrected chi connectivity index (χ4v) is 8.19. The topological polar surface area (TPSA) is 58.6 Å². The standard InChI is InChI=1S/C27H34N2O3S2/c1-32-22-8-6-18(7-9-22)14-23-25(33)29(26(31)34-23)10-4-2-3-5-24(30)28-27-15-19-11-20(16-27)13-21(12-19)17-27/h6-9,14,19-21H,2-5,10-13,15-17H2,1H3,(H,28,30)/b23-14+. The van der Waals surface area contributed by atoms with Crippen molar-refractivity contribution in [3.63, 3.8) is 0 Å². The molecule has 2 amide bonds. The number of unbranched alkanes of at least 4 members (excludes halogenated alkanes) is 2. The predicted octanol–water partition coefficient (Wildman–Crippen LogP) is 6.18. The smallest absolute Gasteiger partial charge is 0.291 e. The first kappa shape index (κ1) is 23.9. The van der Waals surface area contributed by atoms with Crippen molar-refractivity contribution in [3.05, 3.63) is 34.7 Å². The van der Waals surface area contributed by atoms with Crippen LogP contribution in [0.1, 0.15) is 69.8 Å². The van der Waals surface area contributed by atoms with E-state index in [1.54, 1.807) is 12.0 Å². The highest BCUT2D eigenvalue weighted by atomic mass is 32.2. The second-order valence-corrected chi connectivity index (χ2v) is 12.0. The number of carbonyl (C=O) groups excluding carboxylic acids is 2. The average molecular weight is 499 g/mol. The molecule has 0 radical (unpaired) electrons. The Morgan fingerprint density at radius 1 is 1.12 bits per heavy atom. The second-order valence-electron chi connectivity index (χ2n) is 10.7. The zero-order valence-corrected chi connectivity index (χ0v) is 21.5. The van der Waals surface area contributed by atoms with E-state index in [1.807, 2.05) is 30.3 Å². The highest BCUT2D eigenvalue weighted by Gasteiger charge is 2.51. The molecular formula is C27H34N2O3S2. The van der Waals surface area contributed by atoms with Gasteiger partial charge in [0.2, 0.25) is 5.91 Å². The van der Waals surface area contributed by atoms with Crippen LogP contribution in [-0.2, 0) is 4.79 Å². The molecule has 0 spiro atoms. The maximum atomic E-state index is 12.7. The lowest BCUT2D eigenvalue weighted by Gasteiger charge is -2.56. The van der Waals surface area contributed by atoms with E-state index in [0.29, 0.717) is 18.0 Å². The van der Waals surface area contributed by atoms with E-state index < -0.39 is 0 Å². The van der Waals surface area contributed by atoms with Crippen LogP contribution in [0.25, 0.3) is 6.08 Å². The van der Waals surface area contributed by atoms with Crippen molar-refractivity contribution in [2.24, 2.45) is 17.8 Å². The zero-order valence-electron chi connectivity index (χ0n) is 19.9. The summed E-state index contributed by atoms with van der Waals surface area (Å²) in [7, 11) is 1.64. The number of hydrogen-bond donors (Lipinski definition) is 1. The molecule has 4 saturated carbocycles. The number of benzene rings is 1. The molecule has 5 fully saturated rings. The van der Waals surface area contributed by atoms with Gasteiger partial charge in [0, 0.05) is 18.5 Å². The van der Waals surface area contributed by atoms with Crippen LogP contribution in [-0.4, -0.2) is 40.2 Å². The van der Waals surface area contributed by atoms with Gasteiger partial charge in [-0.25, -0.2) is 0 Å². The van der Waals surface area contributed by atoms with Crippen molar-refractivity contribution < 1.29 is 14.3 Å². The van der Waals surface area contributed by atoms with Crippen LogP contribution in [0.4, 0.5) is 4.79 Å². The van der Waals surface area contributed by atoms with E-state index in [2.05, 4.69) is 5.32 Å². The molecule has 1 N–H and O–H groups in total. The third-order valence-corrected chi connectivity index (χ3v) is 9.51. The van der Waals surface area contributed by atoms with Crippen LogP contribution < -0.4 is 10.1 Å². The molecular weight excluding hydrogens is 464 g/mol. The van der Waals surface area contributed by atoms with E-state index in [4.69, 9.17) is 17.0 Å². The van der Waals surface area contributed by atoms with Gasteiger partial charge in [-0.2, -0.15) is 0 Å². The normalized spacial score (nSPS) is 30.9. The average Bonchev–Trinajstić information content (AvgIpc) is 3.05. The van der Waals surface area contributed by atoms with Gasteiger partial charge in [-0.15, -0.1) is 0 Å². The van der Waals surface area contributed by atoms with Crippen LogP contribution in [0.15, 0.2) is 29.2 Å². The first-order valence-electron chi connectivity index (χ1n) is 12.6. The summed E-state index contributed by atoms with van der Waals surface area (Å²) in [5.41, 5.74) is 1.09. The number of nitrogens with zero attached hydrogens (tertiary/aromatic N) is 1. The van der Waals surface area contributed by atoms with E-state index in [-0.39, 0.29) is 16.7 Å². The summed E-state index contributed by atoms with van der Waals surface area (Å²) < 4.78 is 5.20. The van der Waals surface area contributed by atoms with Crippen LogP contribution in [0.5, 0.6) is 5.75 Å². The lowest BCUT2D eigenvalue weighted by Crippen LogP contribution is -2.59. The number of nitrogens with one attached hydrogen (secondary N) is 1. The number of thiocarbonyl (C=S) groups is 1. The van der Waals surface area contributed by atoms with Crippen molar-refractivity contribution in [2.75, 3.05) is 13.7 Å². The molecule has 1 saturated heterocycles. The molecule has 7 heteroatoms. The number of methoxy groups -OCH3 is 1.